The predicted octanol–water partition coefficient (Wildman–Crippen LogP) is 2.76. The largest absolute Gasteiger partial charge is 0.358 e. The highest BCUT2D eigenvalue weighted by atomic mass is 35.5. The molecule has 0 saturated carbocycles. The van der Waals surface area contributed by atoms with Gasteiger partial charge in [-0.1, -0.05) is 11.6 Å². The van der Waals surface area contributed by atoms with Crippen LogP contribution in [0.1, 0.15) is 5.56 Å². The number of benzene rings is 1. The minimum atomic E-state index is 0.601. The van der Waals surface area contributed by atoms with Gasteiger partial charge in [-0.2, -0.15) is 5.26 Å². The van der Waals surface area contributed by atoms with Gasteiger partial charge in [0.2, 0.25) is 0 Å². The molecule has 0 aliphatic heterocycles. The van der Waals surface area contributed by atoms with Crippen LogP contribution in [0.25, 0.3) is 10.9 Å². The number of fused-ring (bicyclic) bond motifs is 1. The standard InChI is InChI=1S/C15H17ClN4/c1-19(2)6-7-20(3)15-8-11(10-17)13-9-12(16)4-5-14(13)18-15/h4-5,8-9H,6-7H2,1-3H3. The molecule has 0 aliphatic rings. The Labute approximate surface area is 124 Å². The third-order valence-electron chi connectivity index (χ3n) is 3.15. The number of aromatic nitrogens is 1. The van der Waals surface area contributed by atoms with Crippen molar-refractivity contribution >= 4 is 28.3 Å². The molecule has 5 heteroatoms. The zero-order chi connectivity index (χ0) is 14.7. The number of pyridine rings is 1. The number of hydrogen-bond donors (Lipinski definition) is 0. The van der Waals surface area contributed by atoms with Crippen LogP contribution in [0.3, 0.4) is 0 Å². The summed E-state index contributed by atoms with van der Waals surface area (Å²) >= 11 is 5.98. The van der Waals surface area contributed by atoms with E-state index in [2.05, 4.69) is 20.9 Å². The summed E-state index contributed by atoms with van der Waals surface area (Å²) in [4.78, 5) is 8.76. The Morgan fingerprint density at radius 1 is 1.20 bits per heavy atom. The van der Waals surface area contributed by atoms with Gasteiger partial charge in [-0.25, -0.2) is 4.98 Å². The molecule has 0 spiro atoms. The molecule has 0 fully saturated rings. The van der Waals surface area contributed by atoms with Crippen LogP contribution in [0, 0.1) is 11.3 Å². The number of likely N-dealkylation sites (N-methyl/N-ethyl adjacent to an activating group) is 2. The first kappa shape index (κ1) is 14.6. The van der Waals surface area contributed by atoms with Crippen LogP contribution < -0.4 is 4.90 Å². The number of anilines is 1. The lowest BCUT2D eigenvalue weighted by molar-refractivity contribution is 0.416. The molecule has 1 aromatic heterocycles. The average Bonchev–Trinajstić information content (AvgIpc) is 2.43. The predicted molar refractivity (Wildman–Crippen MR) is 83.3 cm³/mol. The topological polar surface area (TPSA) is 43.2 Å². The highest BCUT2D eigenvalue weighted by molar-refractivity contribution is 6.31. The van der Waals surface area contributed by atoms with Gasteiger partial charge in [-0.05, 0) is 38.4 Å². The van der Waals surface area contributed by atoms with Crippen LogP contribution in [0.15, 0.2) is 24.3 Å². The highest BCUT2D eigenvalue weighted by Crippen LogP contribution is 2.24. The van der Waals surface area contributed by atoms with E-state index in [1.165, 1.54) is 0 Å². The first-order valence-corrected chi connectivity index (χ1v) is 6.75. The molecule has 0 unspecified atom stereocenters. The zero-order valence-corrected chi connectivity index (χ0v) is 12.6. The Morgan fingerprint density at radius 2 is 1.95 bits per heavy atom. The SMILES string of the molecule is CN(C)CCN(C)c1cc(C#N)c2cc(Cl)ccc2n1. The summed E-state index contributed by atoms with van der Waals surface area (Å²) in [6.45, 7) is 1.78. The molecule has 2 aromatic rings. The summed E-state index contributed by atoms with van der Waals surface area (Å²) in [5.74, 6) is 0.804. The second-order valence-electron chi connectivity index (χ2n) is 5.03. The molecule has 0 amide bonds. The number of rotatable bonds is 4. The Hall–Kier alpha value is -1.83. The molecule has 0 N–H and O–H groups in total. The van der Waals surface area contributed by atoms with Gasteiger partial charge < -0.3 is 9.80 Å². The Bertz CT molecular complexity index is 661. The monoisotopic (exact) mass is 288 g/mol. The fourth-order valence-corrected chi connectivity index (χ4v) is 2.11. The van der Waals surface area contributed by atoms with Crippen LogP contribution in [0.2, 0.25) is 5.02 Å². The molecule has 0 saturated heterocycles. The summed E-state index contributed by atoms with van der Waals surface area (Å²) in [5, 5.41) is 10.7. The first-order chi connectivity index (χ1) is 9.51. The molecule has 1 heterocycles. The van der Waals surface area contributed by atoms with Gasteiger partial charge in [0.25, 0.3) is 0 Å². The molecule has 4 nitrogen and oxygen atoms in total. The Balaban J connectivity index is 2.41. The van der Waals surface area contributed by atoms with E-state index in [1.54, 1.807) is 12.1 Å². The van der Waals surface area contributed by atoms with Crippen LogP contribution in [0.5, 0.6) is 0 Å². The van der Waals surface area contributed by atoms with Gasteiger partial charge in [0.1, 0.15) is 5.82 Å². The van der Waals surface area contributed by atoms with E-state index in [4.69, 9.17) is 11.6 Å². The highest BCUT2D eigenvalue weighted by Gasteiger charge is 2.09. The first-order valence-electron chi connectivity index (χ1n) is 6.37. The third-order valence-corrected chi connectivity index (χ3v) is 3.39. The van der Waals surface area contributed by atoms with E-state index in [1.807, 2.05) is 33.3 Å². The maximum atomic E-state index is 9.30. The lowest BCUT2D eigenvalue weighted by Crippen LogP contribution is -2.29. The fourth-order valence-electron chi connectivity index (χ4n) is 1.94. The van der Waals surface area contributed by atoms with E-state index in [0.717, 1.165) is 29.8 Å². The van der Waals surface area contributed by atoms with Gasteiger partial charge in [0.05, 0.1) is 17.1 Å². The van der Waals surface area contributed by atoms with Crippen molar-refractivity contribution in [2.45, 2.75) is 0 Å². The lowest BCUT2D eigenvalue weighted by Gasteiger charge is -2.21. The molecule has 0 bridgehead atoms. The second kappa shape index (κ2) is 6.08. The minimum Gasteiger partial charge on any atom is -0.358 e. The Kier molecular flexibility index (Phi) is 4.43. The van der Waals surface area contributed by atoms with E-state index in [-0.39, 0.29) is 0 Å². The summed E-state index contributed by atoms with van der Waals surface area (Å²) < 4.78 is 0. The summed E-state index contributed by atoms with van der Waals surface area (Å²) in [6, 6.07) is 9.46. The van der Waals surface area contributed by atoms with E-state index in [0.29, 0.717) is 10.6 Å². The molecule has 104 valence electrons. The van der Waals surface area contributed by atoms with Crippen LogP contribution in [0.4, 0.5) is 5.82 Å². The van der Waals surface area contributed by atoms with Crippen molar-refractivity contribution in [1.29, 1.82) is 5.26 Å². The van der Waals surface area contributed by atoms with Crippen molar-refractivity contribution in [2.24, 2.45) is 0 Å². The molecule has 0 atom stereocenters. The number of nitrogens with zero attached hydrogens (tertiary/aromatic N) is 4. The quantitative estimate of drug-likeness (QED) is 0.868. The maximum Gasteiger partial charge on any atom is 0.130 e. The van der Waals surface area contributed by atoms with Crippen LogP contribution in [-0.4, -0.2) is 44.1 Å². The maximum absolute atomic E-state index is 9.30. The smallest absolute Gasteiger partial charge is 0.130 e. The third kappa shape index (κ3) is 3.19. The molecule has 0 aliphatic carbocycles. The average molecular weight is 289 g/mol. The van der Waals surface area contributed by atoms with Crippen molar-refractivity contribution in [1.82, 2.24) is 9.88 Å². The van der Waals surface area contributed by atoms with Crippen molar-refractivity contribution < 1.29 is 0 Å². The van der Waals surface area contributed by atoms with Gasteiger partial charge >= 0.3 is 0 Å². The molecule has 20 heavy (non-hydrogen) atoms. The lowest BCUT2D eigenvalue weighted by atomic mass is 10.1. The number of nitriles is 1. The number of hydrogen-bond acceptors (Lipinski definition) is 4. The summed E-state index contributed by atoms with van der Waals surface area (Å²) in [7, 11) is 6.05. The zero-order valence-electron chi connectivity index (χ0n) is 11.9. The summed E-state index contributed by atoms with van der Waals surface area (Å²) in [6.07, 6.45) is 0. The van der Waals surface area contributed by atoms with Crippen molar-refractivity contribution in [3.05, 3.63) is 34.9 Å². The number of halogens is 1. The summed E-state index contributed by atoms with van der Waals surface area (Å²) in [5.41, 5.74) is 1.39. The fraction of sp³-hybridized carbons (Fsp3) is 0.333. The van der Waals surface area contributed by atoms with Crippen LogP contribution in [-0.2, 0) is 0 Å². The minimum absolute atomic E-state index is 0.601. The van der Waals surface area contributed by atoms with E-state index in [9.17, 15) is 5.26 Å². The molecular weight excluding hydrogens is 272 g/mol. The van der Waals surface area contributed by atoms with Gasteiger partial charge in [0, 0.05) is 30.5 Å². The second-order valence-corrected chi connectivity index (χ2v) is 5.46. The van der Waals surface area contributed by atoms with Crippen LogP contribution >= 0.6 is 11.6 Å². The molecule has 1 aromatic carbocycles. The van der Waals surface area contributed by atoms with Gasteiger partial charge in [0.15, 0.2) is 0 Å². The van der Waals surface area contributed by atoms with E-state index < -0.39 is 0 Å². The van der Waals surface area contributed by atoms with Crippen molar-refractivity contribution in [3.8, 4) is 6.07 Å². The molecular formula is C15H17ClN4. The Morgan fingerprint density at radius 3 is 2.60 bits per heavy atom. The van der Waals surface area contributed by atoms with Gasteiger partial charge in [-0.15, -0.1) is 0 Å². The van der Waals surface area contributed by atoms with Crippen molar-refractivity contribution in [2.75, 3.05) is 39.1 Å². The molecule has 0 radical (unpaired) electrons. The van der Waals surface area contributed by atoms with E-state index >= 15 is 0 Å². The van der Waals surface area contributed by atoms with Gasteiger partial charge in [-0.3, -0.25) is 0 Å². The van der Waals surface area contributed by atoms with Crippen molar-refractivity contribution in [3.63, 3.8) is 0 Å². The normalized spacial score (nSPS) is 10.8. The molecule has 2 rings (SSSR count).